The highest BCUT2D eigenvalue weighted by Crippen LogP contribution is 2.17. The second kappa shape index (κ2) is 5.23. The second-order valence-electron chi connectivity index (χ2n) is 4.47. The van der Waals surface area contributed by atoms with Crippen molar-refractivity contribution in [3.8, 4) is 0 Å². The van der Waals surface area contributed by atoms with E-state index in [0.717, 1.165) is 0 Å². The minimum Gasteiger partial charge on any atom is -0.480 e. The second-order valence-corrected chi connectivity index (χ2v) is 4.47. The van der Waals surface area contributed by atoms with E-state index in [1.165, 1.54) is 0 Å². The number of nitrogens with two attached hydrogens (primary N) is 1. The van der Waals surface area contributed by atoms with Crippen molar-refractivity contribution in [3.05, 3.63) is 12.2 Å². The number of carboxylic acid groups (broad SMARTS) is 1. The Morgan fingerprint density at radius 3 is 2.12 bits per heavy atom. The molecule has 1 amide bonds. The summed E-state index contributed by atoms with van der Waals surface area (Å²) in [5, 5.41) is 8.90. The third kappa shape index (κ3) is 2.90. The molecular weight excluding hydrogens is 208 g/mol. The molecule has 0 radical (unpaired) electrons. The first kappa shape index (κ1) is 14.8. The van der Waals surface area contributed by atoms with E-state index in [4.69, 9.17) is 10.8 Å². The van der Waals surface area contributed by atoms with E-state index in [-0.39, 0.29) is 10.4 Å². The normalized spacial score (nSPS) is 15.3. The number of likely N-dealkylation sites (N-methyl/N-ethyl adjacent to an activating group) is 1. The maximum atomic E-state index is 11.9. The molecule has 0 aromatic carbocycles. The van der Waals surface area contributed by atoms with Gasteiger partial charge in [0.05, 0.1) is 14.1 Å². The largest absolute Gasteiger partial charge is 0.480 e. The topological polar surface area (TPSA) is 80.4 Å². The van der Waals surface area contributed by atoms with Crippen LogP contribution in [-0.4, -0.2) is 47.6 Å². The van der Waals surface area contributed by atoms with Gasteiger partial charge >= 0.3 is 11.9 Å². The lowest BCUT2D eigenvalue weighted by Gasteiger charge is -2.36. The fraction of sp³-hybridized carbons (Fsp3) is 0.636. The third-order valence-electron chi connectivity index (χ3n) is 2.84. The SMILES string of the molecule is C=C(C)C(=O)[N+](C)(C)C(CC)C(N)C(=O)O. The average Bonchev–Trinajstić information content (AvgIpc) is 2.16. The van der Waals surface area contributed by atoms with Crippen molar-refractivity contribution >= 4 is 11.9 Å². The lowest BCUT2D eigenvalue weighted by Crippen LogP contribution is -2.62. The van der Waals surface area contributed by atoms with Gasteiger partial charge in [-0.25, -0.2) is 4.79 Å². The predicted molar refractivity (Wildman–Crippen MR) is 61.6 cm³/mol. The number of hydrogen-bond acceptors (Lipinski definition) is 3. The fourth-order valence-corrected chi connectivity index (χ4v) is 1.92. The summed E-state index contributed by atoms with van der Waals surface area (Å²) in [4.78, 5) is 22.8. The molecule has 0 saturated carbocycles. The molecule has 0 aliphatic rings. The molecule has 5 nitrogen and oxygen atoms in total. The highest BCUT2D eigenvalue weighted by molar-refractivity contribution is 5.87. The van der Waals surface area contributed by atoms with Crippen LogP contribution in [0, 0.1) is 0 Å². The molecule has 0 heterocycles. The highest BCUT2D eigenvalue weighted by Gasteiger charge is 2.41. The van der Waals surface area contributed by atoms with Gasteiger partial charge in [-0.05, 0) is 13.3 Å². The molecule has 0 fully saturated rings. The molecule has 92 valence electrons. The van der Waals surface area contributed by atoms with Crippen LogP contribution >= 0.6 is 0 Å². The van der Waals surface area contributed by atoms with Crippen molar-refractivity contribution in [1.82, 2.24) is 0 Å². The fourth-order valence-electron chi connectivity index (χ4n) is 1.92. The molecule has 0 rings (SSSR count). The summed E-state index contributed by atoms with van der Waals surface area (Å²) in [6.07, 6.45) is 0.513. The number of hydrogen-bond donors (Lipinski definition) is 2. The molecule has 0 spiro atoms. The van der Waals surface area contributed by atoms with Crippen LogP contribution in [-0.2, 0) is 9.59 Å². The summed E-state index contributed by atoms with van der Waals surface area (Å²) >= 11 is 0. The summed E-state index contributed by atoms with van der Waals surface area (Å²) in [5.41, 5.74) is 6.00. The Morgan fingerprint density at radius 2 is 1.88 bits per heavy atom. The Kier molecular flexibility index (Phi) is 4.83. The number of carboxylic acids is 1. The first-order valence-corrected chi connectivity index (χ1v) is 5.18. The van der Waals surface area contributed by atoms with E-state index in [1.54, 1.807) is 21.0 Å². The van der Waals surface area contributed by atoms with Crippen molar-refractivity contribution in [2.75, 3.05) is 14.1 Å². The smallest absolute Gasteiger partial charge is 0.340 e. The summed E-state index contributed by atoms with van der Waals surface area (Å²) in [6.45, 7) is 7.02. The summed E-state index contributed by atoms with van der Waals surface area (Å²) in [7, 11) is 3.32. The zero-order valence-corrected chi connectivity index (χ0v) is 10.4. The van der Waals surface area contributed by atoms with Crippen LogP contribution in [0.15, 0.2) is 12.2 Å². The van der Waals surface area contributed by atoms with Crippen molar-refractivity contribution in [2.24, 2.45) is 5.73 Å². The van der Waals surface area contributed by atoms with Gasteiger partial charge in [0.2, 0.25) is 0 Å². The van der Waals surface area contributed by atoms with Crippen LogP contribution in [0.4, 0.5) is 0 Å². The number of carbonyl (C=O) groups is 2. The molecule has 2 atom stereocenters. The maximum Gasteiger partial charge on any atom is 0.340 e. The number of nitrogens with zero attached hydrogens (tertiary/aromatic N) is 1. The maximum absolute atomic E-state index is 11.9. The van der Waals surface area contributed by atoms with Gasteiger partial charge < -0.3 is 10.8 Å². The lowest BCUT2D eigenvalue weighted by atomic mass is 10.0. The van der Waals surface area contributed by atoms with Gasteiger partial charge in [-0.3, -0.25) is 9.28 Å². The summed E-state index contributed by atoms with van der Waals surface area (Å²) < 4.78 is -0.0840. The standard InChI is InChI=1S/C11H20N2O3/c1-6-8(9(12)11(15)16)13(4,5)10(14)7(2)3/h8-9H,2,6,12H2,1,3-5H3/p+1. The molecule has 0 saturated heterocycles. The predicted octanol–water partition coefficient (Wildman–Crippen LogP) is 0.356. The van der Waals surface area contributed by atoms with Crippen LogP contribution in [0.1, 0.15) is 20.3 Å². The van der Waals surface area contributed by atoms with Crippen molar-refractivity contribution in [2.45, 2.75) is 32.4 Å². The molecule has 16 heavy (non-hydrogen) atoms. The number of carbonyl (C=O) groups excluding carboxylic acids is 1. The van der Waals surface area contributed by atoms with Gasteiger partial charge in [0.1, 0.15) is 6.04 Å². The van der Waals surface area contributed by atoms with Crippen molar-refractivity contribution in [3.63, 3.8) is 0 Å². The van der Waals surface area contributed by atoms with Gasteiger partial charge in [-0.1, -0.05) is 13.5 Å². The third-order valence-corrected chi connectivity index (χ3v) is 2.84. The van der Waals surface area contributed by atoms with E-state index in [1.807, 2.05) is 6.92 Å². The first-order valence-electron chi connectivity index (χ1n) is 5.18. The van der Waals surface area contributed by atoms with Gasteiger partial charge in [-0.2, -0.15) is 0 Å². The Hall–Kier alpha value is -1.20. The highest BCUT2D eigenvalue weighted by atomic mass is 16.4. The van der Waals surface area contributed by atoms with Gasteiger partial charge in [-0.15, -0.1) is 0 Å². The zero-order chi connectivity index (χ0) is 13.1. The van der Waals surface area contributed by atoms with Crippen LogP contribution in [0.3, 0.4) is 0 Å². The zero-order valence-electron chi connectivity index (χ0n) is 10.4. The van der Waals surface area contributed by atoms with Crippen molar-refractivity contribution in [1.29, 1.82) is 0 Å². The summed E-state index contributed by atoms with van der Waals surface area (Å²) in [6, 6.07) is -1.51. The quantitative estimate of drug-likeness (QED) is 0.527. The Morgan fingerprint density at radius 1 is 1.44 bits per heavy atom. The Labute approximate surface area is 96.1 Å². The monoisotopic (exact) mass is 229 g/mol. The molecule has 0 aliphatic heterocycles. The molecule has 2 unspecified atom stereocenters. The molecule has 0 aliphatic carbocycles. The van der Waals surface area contributed by atoms with E-state index in [9.17, 15) is 9.59 Å². The minimum absolute atomic E-state index is 0.0840. The van der Waals surface area contributed by atoms with Crippen LogP contribution in [0.2, 0.25) is 0 Å². The van der Waals surface area contributed by atoms with Crippen LogP contribution in [0.25, 0.3) is 0 Å². The van der Waals surface area contributed by atoms with Gasteiger partial charge in [0.15, 0.2) is 6.04 Å². The van der Waals surface area contributed by atoms with Gasteiger partial charge in [0.25, 0.3) is 0 Å². The average molecular weight is 229 g/mol. The number of aliphatic carboxylic acids is 1. The van der Waals surface area contributed by atoms with Crippen molar-refractivity contribution < 1.29 is 19.2 Å². The van der Waals surface area contributed by atoms with Gasteiger partial charge in [0, 0.05) is 5.57 Å². The minimum atomic E-state index is -1.09. The molecule has 3 N–H and O–H groups in total. The number of amides is 1. The van der Waals surface area contributed by atoms with Crippen LogP contribution < -0.4 is 5.73 Å². The number of rotatable bonds is 5. The Bertz CT molecular complexity index is 310. The van der Waals surface area contributed by atoms with E-state index in [0.29, 0.717) is 12.0 Å². The van der Waals surface area contributed by atoms with E-state index in [2.05, 4.69) is 6.58 Å². The van der Waals surface area contributed by atoms with E-state index >= 15 is 0 Å². The summed E-state index contributed by atoms with van der Waals surface area (Å²) in [5.74, 6) is -1.28. The van der Waals surface area contributed by atoms with E-state index < -0.39 is 18.1 Å². The number of quaternary nitrogens is 1. The molecule has 0 aromatic heterocycles. The Balaban J connectivity index is 5.15. The lowest BCUT2D eigenvalue weighted by molar-refractivity contribution is -0.839. The molecular formula is C11H21N2O3+. The molecule has 0 aromatic rings. The van der Waals surface area contributed by atoms with Crippen LogP contribution in [0.5, 0.6) is 0 Å². The molecule has 5 heteroatoms. The molecule has 0 bridgehead atoms. The first-order chi connectivity index (χ1) is 7.16.